The number of rotatable bonds is 7. The molecule has 1 N–H and O–H groups in total. The van der Waals surface area contributed by atoms with Crippen molar-refractivity contribution in [2.24, 2.45) is 13.0 Å². The Morgan fingerprint density at radius 3 is 2.53 bits per heavy atom. The number of fused-ring (bicyclic) bond motifs is 2. The van der Waals surface area contributed by atoms with Gasteiger partial charge in [-0.05, 0) is 31.0 Å². The number of amides is 1. The Bertz CT molecular complexity index is 1390. The molecule has 4 aromatic rings. The number of aromatic nitrogens is 4. The fraction of sp³-hybridized carbons (Fsp3) is 0.429. The number of anilines is 2. The SMILES string of the molecule is Cc1nnc(N2CCN(CCc3nc4cc(NC(=O)CC(C)C)ccc4n3C)CC2)c2ccccc12. The molecule has 8 nitrogen and oxygen atoms in total. The zero-order valence-corrected chi connectivity index (χ0v) is 21.7. The molecule has 0 atom stereocenters. The molecule has 3 heterocycles. The lowest BCUT2D eigenvalue weighted by Crippen LogP contribution is -2.47. The zero-order chi connectivity index (χ0) is 25.2. The highest BCUT2D eigenvalue weighted by atomic mass is 16.1. The average Bonchev–Trinajstić information content (AvgIpc) is 3.17. The molecule has 36 heavy (non-hydrogen) atoms. The Labute approximate surface area is 212 Å². The van der Waals surface area contributed by atoms with Crippen LogP contribution < -0.4 is 10.2 Å². The lowest BCUT2D eigenvalue weighted by molar-refractivity contribution is -0.116. The van der Waals surface area contributed by atoms with Gasteiger partial charge in [0.05, 0.1) is 16.7 Å². The van der Waals surface area contributed by atoms with E-state index < -0.39 is 0 Å². The molecule has 188 valence electrons. The molecular formula is C28H35N7O. The van der Waals surface area contributed by atoms with Crippen LogP contribution in [-0.4, -0.2) is 63.3 Å². The van der Waals surface area contributed by atoms with Gasteiger partial charge in [-0.2, -0.15) is 5.10 Å². The molecule has 1 aliphatic heterocycles. The molecule has 1 amide bonds. The Balaban J connectivity index is 1.20. The van der Waals surface area contributed by atoms with Gasteiger partial charge in [0, 0.05) is 69.1 Å². The first-order valence-corrected chi connectivity index (χ1v) is 12.8. The van der Waals surface area contributed by atoms with Crippen molar-refractivity contribution in [2.45, 2.75) is 33.6 Å². The molecule has 0 radical (unpaired) electrons. The summed E-state index contributed by atoms with van der Waals surface area (Å²) in [5.74, 6) is 2.43. The van der Waals surface area contributed by atoms with Crippen molar-refractivity contribution in [1.82, 2.24) is 24.6 Å². The van der Waals surface area contributed by atoms with Gasteiger partial charge in [0.15, 0.2) is 5.82 Å². The lowest BCUT2D eigenvalue weighted by atomic mass is 10.1. The van der Waals surface area contributed by atoms with Gasteiger partial charge >= 0.3 is 0 Å². The number of carbonyl (C=O) groups is 1. The lowest BCUT2D eigenvalue weighted by Gasteiger charge is -2.35. The normalized spacial score (nSPS) is 14.8. The molecule has 0 aliphatic carbocycles. The minimum Gasteiger partial charge on any atom is -0.352 e. The number of benzene rings is 2. The number of aryl methyl sites for hydroxylation is 2. The Hall–Kier alpha value is -3.52. The summed E-state index contributed by atoms with van der Waals surface area (Å²) >= 11 is 0. The van der Waals surface area contributed by atoms with E-state index in [0.29, 0.717) is 12.3 Å². The summed E-state index contributed by atoms with van der Waals surface area (Å²) in [6, 6.07) is 14.4. The van der Waals surface area contributed by atoms with Crippen LogP contribution in [0.3, 0.4) is 0 Å². The summed E-state index contributed by atoms with van der Waals surface area (Å²) in [4.78, 5) is 21.9. The van der Waals surface area contributed by atoms with Gasteiger partial charge in [0.1, 0.15) is 5.82 Å². The third-order valence-electron chi connectivity index (χ3n) is 7.03. The third kappa shape index (κ3) is 5.04. The van der Waals surface area contributed by atoms with Gasteiger partial charge in [-0.25, -0.2) is 4.98 Å². The van der Waals surface area contributed by atoms with E-state index in [1.165, 1.54) is 10.8 Å². The standard InChI is InChI=1S/C28H35N7O/c1-19(2)17-27(36)29-21-9-10-25-24(18-21)30-26(33(25)4)11-12-34-13-15-35(16-14-34)28-23-8-6-5-7-22(23)20(3)31-32-28/h5-10,18-19H,11-17H2,1-4H3,(H,29,36). The van der Waals surface area contributed by atoms with E-state index in [0.717, 1.165) is 73.2 Å². The summed E-state index contributed by atoms with van der Waals surface area (Å²) in [7, 11) is 2.07. The fourth-order valence-electron chi connectivity index (χ4n) is 5.03. The maximum atomic E-state index is 12.1. The smallest absolute Gasteiger partial charge is 0.224 e. The minimum atomic E-state index is 0.0456. The first kappa shape index (κ1) is 24.2. The first-order chi connectivity index (χ1) is 17.4. The monoisotopic (exact) mass is 485 g/mol. The predicted molar refractivity (Wildman–Crippen MR) is 145 cm³/mol. The quantitative estimate of drug-likeness (QED) is 0.423. The van der Waals surface area contributed by atoms with Crippen LogP contribution in [0.15, 0.2) is 42.5 Å². The predicted octanol–water partition coefficient (Wildman–Crippen LogP) is 4.17. The van der Waals surface area contributed by atoms with Crippen LogP contribution in [0, 0.1) is 12.8 Å². The van der Waals surface area contributed by atoms with Gasteiger partial charge in [0.2, 0.25) is 5.91 Å². The highest BCUT2D eigenvalue weighted by Gasteiger charge is 2.21. The highest BCUT2D eigenvalue weighted by Crippen LogP contribution is 2.26. The van der Waals surface area contributed by atoms with Crippen LogP contribution in [0.25, 0.3) is 21.8 Å². The number of hydrogen-bond donors (Lipinski definition) is 1. The summed E-state index contributed by atoms with van der Waals surface area (Å²) in [6.45, 7) is 10.9. The maximum absolute atomic E-state index is 12.1. The Morgan fingerprint density at radius 2 is 1.78 bits per heavy atom. The van der Waals surface area contributed by atoms with E-state index >= 15 is 0 Å². The summed E-state index contributed by atoms with van der Waals surface area (Å²) in [6.07, 6.45) is 1.40. The largest absolute Gasteiger partial charge is 0.352 e. The van der Waals surface area contributed by atoms with Crippen LogP contribution in [0.1, 0.15) is 31.8 Å². The molecular weight excluding hydrogens is 450 g/mol. The second-order valence-electron chi connectivity index (χ2n) is 10.2. The molecule has 8 heteroatoms. The molecule has 5 rings (SSSR count). The molecule has 0 saturated carbocycles. The number of nitrogens with one attached hydrogen (secondary N) is 1. The summed E-state index contributed by atoms with van der Waals surface area (Å²) in [5.41, 5.74) is 3.78. The van der Waals surface area contributed by atoms with Crippen molar-refractivity contribution < 1.29 is 4.79 Å². The van der Waals surface area contributed by atoms with Gasteiger partial charge in [-0.1, -0.05) is 38.1 Å². The van der Waals surface area contributed by atoms with E-state index in [1.807, 2.05) is 39.0 Å². The average molecular weight is 486 g/mol. The number of imidazole rings is 1. The van der Waals surface area contributed by atoms with Gasteiger partial charge in [-0.15, -0.1) is 5.10 Å². The maximum Gasteiger partial charge on any atom is 0.224 e. The van der Waals surface area contributed by atoms with E-state index in [9.17, 15) is 4.79 Å². The molecule has 2 aromatic heterocycles. The first-order valence-electron chi connectivity index (χ1n) is 12.8. The topological polar surface area (TPSA) is 79.2 Å². The minimum absolute atomic E-state index is 0.0456. The second kappa shape index (κ2) is 10.2. The molecule has 1 aliphatic rings. The summed E-state index contributed by atoms with van der Waals surface area (Å²) < 4.78 is 2.17. The van der Waals surface area contributed by atoms with Crippen molar-refractivity contribution in [3.05, 3.63) is 54.0 Å². The molecule has 0 unspecified atom stereocenters. The molecule has 2 aromatic carbocycles. The molecule has 0 spiro atoms. The Kier molecular flexibility index (Phi) is 6.87. The zero-order valence-electron chi connectivity index (χ0n) is 21.7. The number of hydrogen-bond acceptors (Lipinski definition) is 6. The second-order valence-corrected chi connectivity index (χ2v) is 10.2. The van der Waals surface area contributed by atoms with Crippen molar-refractivity contribution in [1.29, 1.82) is 0 Å². The van der Waals surface area contributed by atoms with E-state index in [1.54, 1.807) is 0 Å². The highest BCUT2D eigenvalue weighted by molar-refractivity contribution is 5.94. The van der Waals surface area contributed by atoms with Crippen LogP contribution in [0.2, 0.25) is 0 Å². The Morgan fingerprint density at radius 1 is 1.03 bits per heavy atom. The van der Waals surface area contributed by atoms with Gasteiger partial charge in [-0.3, -0.25) is 9.69 Å². The van der Waals surface area contributed by atoms with Crippen LogP contribution in [-0.2, 0) is 18.3 Å². The third-order valence-corrected chi connectivity index (χ3v) is 7.03. The molecule has 1 saturated heterocycles. The van der Waals surface area contributed by atoms with Crippen molar-refractivity contribution in [3.63, 3.8) is 0 Å². The molecule has 0 bridgehead atoms. The van der Waals surface area contributed by atoms with E-state index in [4.69, 9.17) is 4.98 Å². The van der Waals surface area contributed by atoms with E-state index in [-0.39, 0.29) is 5.91 Å². The van der Waals surface area contributed by atoms with Crippen molar-refractivity contribution in [3.8, 4) is 0 Å². The number of nitrogens with zero attached hydrogens (tertiary/aromatic N) is 6. The van der Waals surface area contributed by atoms with Crippen LogP contribution >= 0.6 is 0 Å². The van der Waals surface area contributed by atoms with Crippen LogP contribution in [0.5, 0.6) is 0 Å². The molecule has 1 fully saturated rings. The fourth-order valence-corrected chi connectivity index (χ4v) is 5.03. The van der Waals surface area contributed by atoms with Gasteiger partial charge in [0.25, 0.3) is 0 Å². The van der Waals surface area contributed by atoms with E-state index in [2.05, 4.69) is 61.2 Å². The van der Waals surface area contributed by atoms with Crippen molar-refractivity contribution >= 4 is 39.2 Å². The summed E-state index contributed by atoms with van der Waals surface area (Å²) in [5, 5.41) is 14.3. The van der Waals surface area contributed by atoms with Crippen LogP contribution in [0.4, 0.5) is 11.5 Å². The van der Waals surface area contributed by atoms with Crippen molar-refractivity contribution in [2.75, 3.05) is 42.9 Å². The number of piperazine rings is 1. The van der Waals surface area contributed by atoms with Gasteiger partial charge < -0.3 is 14.8 Å². The number of carbonyl (C=O) groups excluding carboxylic acids is 1.